The van der Waals surface area contributed by atoms with Crippen LogP contribution in [-0.2, 0) is 16.2 Å². The van der Waals surface area contributed by atoms with Crippen molar-refractivity contribution >= 4 is 58.5 Å². The molecule has 0 spiro atoms. The van der Waals surface area contributed by atoms with E-state index in [4.69, 9.17) is 32.7 Å². The number of anilines is 2. The number of rotatable bonds is 8. The van der Waals surface area contributed by atoms with Gasteiger partial charge in [-0.3, -0.25) is 14.9 Å². The Balaban J connectivity index is 1.19. The van der Waals surface area contributed by atoms with Crippen molar-refractivity contribution in [3.05, 3.63) is 158 Å². The van der Waals surface area contributed by atoms with Gasteiger partial charge in [0.25, 0.3) is 11.8 Å². The minimum Gasteiger partial charge on any atom is -0.493 e. The number of hydrogen-bond acceptors (Lipinski definition) is 6. The average Bonchev–Trinajstić information content (AvgIpc) is 3.16. The van der Waals surface area contributed by atoms with Gasteiger partial charge in [-0.1, -0.05) is 96.0 Å². The molecule has 10 heteroatoms. The Morgan fingerprint density at radius 1 is 0.792 bits per heavy atom. The van der Waals surface area contributed by atoms with Crippen LogP contribution in [0.1, 0.15) is 58.1 Å². The fraction of sp³-hybridized carbons (Fsp3) is 0.186. The van der Waals surface area contributed by atoms with Crippen LogP contribution in [0.25, 0.3) is 6.08 Å². The molecule has 0 saturated carbocycles. The summed E-state index contributed by atoms with van der Waals surface area (Å²) in [6.07, 6.45) is 3.19. The third-order valence-electron chi connectivity index (χ3n) is 10.2. The van der Waals surface area contributed by atoms with Gasteiger partial charge in [0.15, 0.2) is 11.5 Å². The van der Waals surface area contributed by atoms with Gasteiger partial charge in [-0.15, -0.1) is 0 Å². The average molecular weight is 745 g/mol. The lowest BCUT2D eigenvalue weighted by molar-refractivity contribution is -0.122. The molecule has 2 atom stereocenters. The largest absolute Gasteiger partial charge is 0.493 e. The molecule has 1 fully saturated rings. The van der Waals surface area contributed by atoms with Gasteiger partial charge in [-0.2, -0.15) is 0 Å². The number of methoxy groups -OCH3 is 1. The van der Waals surface area contributed by atoms with Crippen molar-refractivity contribution in [2.24, 2.45) is 0 Å². The van der Waals surface area contributed by atoms with Crippen molar-refractivity contribution in [3.8, 4) is 11.5 Å². The van der Waals surface area contributed by atoms with E-state index in [2.05, 4.69) is 34.5 Å². The predicted octanol–water partition coefficient (Wildman–Crippen LogP) is 9.12. The third-order valence-corrected chi connectivity index (χ3v) is 10.7. The summed E-state index contributed by atoms with van der Waals surface area (Å²) in [4.78, 5) is 44.8. The van der Waals surface area contributed by atoms with Crippen LogP contribution in [0.3, 0.4) is 0 Å². The highest BCUT2D eigenvalue weighted by Crippen LogP contribution is 2.50. The first-order valence-electron chi connectivity index (χ1n) is 17.5. The van der Waals surface area contributed by atoms with Crippen LogP contribution >= 0.6 is 23.2 Å². The van der Waals surface area contributed by atoms with Gasteiger partial charge in [0.1, 0.15) is 12.2 Å². The summed E-state index contributed by atoms with van der Waals surface area (Å²) >= 11 is 12.8. The standard InChI is InChI=1S/C43H35Cl2N3O5/c1-52-38-22-27(21-37(45)40(38)53-25-26-9-8-14-30(44)19-26)20-36-41(49)46-43(51)48(42(36)50)31-23-34-32(28-10-4-2-5-11-28)15-17-47-18-16-33(35(24-31)39(34)47)29-12-6-3-7-13-29/h2-14,19-24,32-33H,15-18,25H2,1H3,(H,46,49,51)/b36-20+/t32-,33-/m0/s1. The van der Waals surface area contributed by atoms with Crippen molar-refractivity contribution in [2.75, 3.05) is 30.0 Å². The number of hydrogen-bond donors (Lipinski definition) is 1. The van der Waals surface area contributed by atoms with Gasteiger partial charge in [-0.25, -0.2) is 9.69 Å². The third kappa shape index (κ3) is 6.65. The van der Waals surface area contributed by atoms with Crippen LogP contribution in [0.2, 0.25) is 10.0 Å². The Kier molecular flexibility index (Phi) is 9.41. The summed E-state index contributed by atoms with van der Waals surface area (Å²) in [5, 5.41) is 3.20. The number of carbonyl (C=O) groups excluding carboxylic acids is 3. The van der Waals surface area contributed by atoms with Gasteiger partial charge < -0.3 is 14.4 Å². The molecule has 4 amide bonds. The number of halogens is 2. The van der Waals surface area contributed by atoms with Gasteiger partial charge in [0.05, 0.1) is 17.8 Å². The van der Waals surface area contributed by atoms with E-state index in [1.165, 1.54) is 24.3 Å². The van der Waals surface area contributed by atoms with E-state index in [1.54, 1.807) is 24.3 Å². The van der Waals surface area contributed by atoms with Gasteiger partial charge in [0.2, 0.25) is 0 Å². The number of barbiturate groups is 1. The van der Waals surface area contributed by atoms with Gasteiger partial charge >= 0.3 is 6.03 Å². The van der Waals surface area contributed by atoms with Gasteiger partial charge in [-0.05, 0) is 88.7 Å². The first kappa shape index (κ1) is 34.5. The second-order valence-corrected chi connectivity index (χ2v) is 14.2. The zero-order chi connectivity index (χ0) is 36.6. The van der Waals surface area contributed by atoms with Gasteiger partial charge in [0, 0.05) is 35.6 Å². The van der Waals surface area contributed by atoms with Crippen LogP contribution in [0, 0.1) is 0 Å². The maximum atomic E-state index is 14.4. The molecular weight excluding hydrogens is 709 g/mol. The van der Waals surface area contributed by atoms with Crippen molar-refractivity contribution < 1.29 is 23.9 Å². The lowest BCUT2D eigenvalue weighted by Crippen LogP contribution is -2.54. The van der Waals surface area contributed by atoms with Crippen LogP contribution in [-0.4, -0.2) is 38.0 Å². The summed E-state index contributed by atoms with van der Waals surface area (Å²) in [7, 11) is 1.47. The molecule has 8 rings (SSSR count). The Morgan fingerprint density at radius 3 is 2.04 bits per heavy atom. The summed E-state index contributed by atoms with van der Waals surface area (Å²) in [5.41, 5.74) is 7.06. The molecule has 0 aromatic heterocycles. The molecule has 8 nitrogen and oxygen atoms in total. The van der Waals surface area contributed by atoms with Crippen LogP contribution < -0.4 is 24.6 Å². The lowest BCUT2D eigenvalue weighted by atomic mass is 9.76. The molecule has 266 valence electrons. The van der Waals surface area contributed by atoms with Crippen LogP contribution in [0.15, 0.2) is 115 Å². The highest BCUT2D eigenvalue weighted by molar-refractivity contribution is 6.39. The summed E-state index contributed by atoms with van der Waals surface area (Å²) < 4.78 is 11.6. The summed E-state index contributed by atoms with van der Waals surface area (Å²) in [5.74, 6) is -0.819. The molecule has 3 aliphatic rings. The fourth-order valence-electron chi connectivity index (χ4n) is 7.77. The first-order valence-corrected chi connectivity index (χ1v) is 18.2. The number of imide groups is 2. The van der Waals surface area contributed by atoms with E-state index in [9.17, 15) is 14.4 Å². The van der Waals surface area contributed by atoms with Crippen LogP contribution in [0.5, 0.6) is 11.5 Å². The molecule has 3 aliphatic heterocycles. The number of benzene rings is 5. The molecule has 5 aromatic rings. The smallest absolute Gasteiger partial charge is 0.335 e. The van der Waals surface area contributed by atoms with E-state index >= 15 is 0 Å². The molecular formula is C43H35Cl2N3O5. The number of amides is 4. The van der Waals surface area contributed by atoms with Crippen LogP contribution in [0.4, 0.5) is 16.2 Å². The summed E-state index contributed by atoms with van der Waals surface area (Å²) in [6, 6.07) is 34.2. The maximum Gasteiger partial charge on any atom is 0.335 e. The summed E-state index contributed by atoms with van der Waals surface area (Å²) in [6.45, 7) is 1.99. The number of nitrogens with one attached hydrogen (secondary N) is 1. The molecule has 5 aromatic carbocycles. The number of carbonyl (C=O) groups is 3. The first-order chi connectivity index (χ1) is 25.8. The van der Waals surface area contributed by atoms with Crippen molar-refractivity contribution in [3.63, 3.8) is 0 Å². The normalized spacial score (nSPS) is 18.8. The highest BCUT2D eigenvalue weighted by Gasteiger charge is 2.40. The van der Waals surface area contributed by atoms with E-state index in [0.29, 0.717) is 27.8 Å². The molecule has 0 aliphatic carbocycles. The number of nitrogens with zero attached hydrogens (tertiary/aromatic N) is 2. The molecule has 53 heavy (non-hydrogen) atoms. The quantitative estimate of drug-likeness (QED) is 0.126. The Bertz CT molecular complexity index is 2200. The molecule has 0 unspecified atom stereocenters. The lowest BCUT2D eigenvalue weighted by Gasteiger charge is -2.44. The fourth-order valence-corrected chi connectivity index (χ4v) is 8.26. The number of urea groups is 1. The second kappa shape index (κ2) is 14.5. The Hall–Kier alpha value is -5.57. The predicted molar refractivity (Wildman–Crippen MR) is 207 cm³/mol. The maximum absolute atomic E-state index is 14.4. The SMILES string of the molecule is COc1cc(/C=C2\C(=O)NC(=O)N(c3cc4c5c(c3)[C@H](c3ccccc3)CCN5CC[C@H]4c3ccccc3)C2=O)cc(Cl)c1OCc1cccc(Cl)c1. The monoisotopic (exact) mass is 743 g/mol. The van der Waals surface area contributed by atoms with Crippen molar-refractivity contribution in [2.45, 2.75) is 31.3 Å². The zero-order valence-corrected chi connectivity index (χ0v) is 30.4. The Labute approximate surface area is 317 Å². The second-order valence-electron chi connectivity index (χ2n) is 13.4. The Morgan fingerprint density at radius 2 is 1.43 bits per heavy atom. The number of ether oxygens (including phenoxy) is 2. The molecule has 1 saturated heterocycles. The van der Waals surface area contributed by atoms with E-state index in [-0.39, 0.29) is 29.0 Å². The minimum absolute atomic E-state index is 0.0597. The van der Waals surface area contributed by atoms with E-state index in [1.807, 2.05) is 60.7 Å². The zero-order valence-electron chi connectivity index (χ0n) is 28.9. The highest BCUT2D eigenvalue weighted by atomic mass is 35.5. The van der Waals surface area contributed by atoms with Crippen molar-refractivity contribution in [1.29, 1.82) is 0 Å². The molecule has 0 bridgehead atoms. The van der Waals surface area contributed by atoms with E-state index in [0.717, 1.165) is 53.2 Å². The topological polar surface area (TPSA) is 88.2 Å². The van der Waals surface area contributed by atoms with Crippen molar-refractivity contribution in [1.82, 2.24) is 5.32 Å². The van der Waals surface area contributed by atoms with E-state index < -0.39 is 17.8 Å². The molecule has 0 radical (unpaired) electrons. The molecule has 3 heterocycles. The molecule has 1 N–H and O–H groups in total. The minimum atomic E-state index is -0.805.